The van der Waals surface area contributed by atoms with E-state index in [-0.39, 0.29) is 6.61 Å². The van der Waals surface area contributed by atoms with E-state index in [2.05, 4.69) is 0 Å². The molecule has 2 aromatic carbocycles. The molecule has 5 nitrogen and oxygen atoms in total. The second-order valence-corrected chi connectivity index (χ2v) is 6.65. The molecule has 0 spiro atoms. The highest BCUT2D eigenvalue weighted by molar-refractivity contribution is 5.72. The van der Waals surface area contributed by atoms with Crippen molar-refractivity contribution in [1.29, 1.82) is 0 Å². The average Bonchev–Trinajstić information content (AvgIpc) is 2.74. The lowest BCUT2D eigenvalue weighted by Crippen LogP contribution is -2.23. The SMILES string of the molecule is CCOC(CC/C=C/c1cc(OC)ccc1OCc1ccc(C(F)(F)F)cc1)C(=O)O. The third-order valence-corrected chi connectivity index (χ3v) is 4.43. The number of methoxy groups -OCH3 is 1. The van der Waals surface area contributed by atoms with Gasteiger partial charge in [0.25, 0.3) is 0 Å². The van der Waals surface area contributed by atoms with Crippen molar-refractivity contribution in [2.75, 3.05) is 13.7 Å². The Labute approximate surface area is 179 Å². The van der Waals surface area contributed by atoms with Crippen LogP contribution >= 0.6 is 0 Å². The van der Waals surface area contributed by atoms with Crippen LogP contribution in [0.1, 0.15) is 36.5 Å². The van der Waals surface area contributed by atoms with E-state index < -0.39 is 23.8 Å². The summed E-state index contributed by atoms with van der Waals surface area (Å²) in [5.41, 5.74) is 0.588. The number of ether oxygens (including phenoxy) is 3. The minimum absolute atomic E-state index is 0.0940. The van der Waals surface area contributed by atoms with Crippen LogP contribution in [0.25, 0.3) is 6.08 Å². The van der Waals surface area contributed by atoms with Crippen LogP contribution in [0, 0.1) is 0 Å². The molecule has 0 aliphatic carbocycles. The van der Waals surface area contributed by atoms with Crippen molar-refractivity contribution < 1.29 is 37.3 Å². The van der Waals surface area contributed by atoms with Gasteiger partial charge in [-0.1, -0.05) is 24.3 Å². The summed E-state index contributed by atoms with van der Waals surface area (Å²) < 4.78 is 54.3. The fourth-order valence-electron chi connectivity index (χ4n) is 2.80. The maximum absolute atomic E-state index is 12.7. The van der Waals surface area contributed by atoms with E-state index in [9.17, 15) is 18.0 Å². The number of benzene rings is 2. The van der Waals surface area contributed by atoms with Crippen molar-refractivity contribution in [2.24, 2.45) is 0 Å². The fourth-order valence-corrected chi connectivity index (χ4v) is 2.80. The third kappa shape index (κ3) is 7.64. The first-order valence-corrected chi connectivity index (χ1v) is 9.72. The first-order valence-electron chi connectivity index (χ1n) is 9.72. The Bertz CT molecular complexity index is 876. The van der Waals surface area contributed by atoms with Gasteiger partial charge in [-0.05, 0) is 55.7 Å². The van der Waals surface area contributed by atoms with Gasteiger partial charge in [-0.2, -0.15) is 13.2 Å². The van der Waals surface area contributed by atoms with Crippen LogP contribution in [0.3, 0.4) is 0 Å². The highest BCUT2D eigenvalue weighted by atomic mass is 19.4. The van der Waals surface area contributed by atoms with Crippen LogP contribution in [0.15, 0.2) is 48.5 Å². The van der Waals surface area contributed by atoms with Crippen LogP contribution in [0.4, 0.5) is 13.2 Å². The quantitative estimate of drug-likeness (QED) is 0.497. The Morgan fingerprint density at radius 1 is 1.16 bits per heavy atom. The minimum atomic E-state index is -4.38. The van der Waals surface area contributed by atoms with Gasteiger partial charge in [0.15, 0.2) is 6.10 Å². The molecule has 0 bridgehead atoms. The number of hydrogen-bond donors (Lipinski definition) is 1. The molecule has 0 fully saturated rings. The number of carboxylic acid groups (broad SMARTS) is 1. The van der Waals surface area contributed by atoms with E-state index in [0.29, 0.717) is 42.1 Å². The van der Waals surface area contributed by atoms with Gasteiger partial charge in [-0.15, -0.1) is 0 Å². The molecule has 2 rings (SSSR count). The van der Waals surface area contributed by atoms with Crippen molar-refractivity contribution in [3.8, 4) is 11.5 Å². The summed E-state index contributed by atoms with van der Waals surface area (Å²) in [6.45, 7) is 2.15. The lowest BCUT2D eigenvalue weighted by molar-refractivity contribution is -0.150. The average molecular weight is 438 g/mol. The molecule has 0 aliphatic rings. The summed E-state index contributed by atoms with van der Waals surface area (Å²) in [5.74, 6) is 0.132. The lowest BCUT2D eigenvalue weighted by Gasteiger charge is -2.12. The molecule has 2 aromatic rings. The Morgan fingerprint density at radius 2 is 1.87 bits per heavy atom. The molecule has 1 atom stereocenters. The summed E-state index contributed by atoms with van der Waals surface area (Å²) in [6, 6.07) is 9.98. The largest absolute Gasteiger partial charge is 0.497 e. The Hall–Kier alpha value is -3.00. The number of rotatable bonds is 11. The highest BCUT2D eigenvalue weighted by Crippen LogP contribution is 2.30. The number of alkyl halides is 3. The number of halogens is 3. The zero-order valence-corrected chi connectivity index (χ0v) is 17.3. The third-order valence-electron chi connectivity index (χ3n) is 4.43. The van der Waals surface area contributed by atoms with Gasteiger partial charge in [0.1, 0.15) is 18.1 Å². The van der Waals surface area contributed by atoms with Crippen LogP contribution in [0.5, 0.6) is 11.5 Å². The Kier molecular flexibility index (Phi) is 8.93. The summed E-state index contributed by atoms with van der Waals surface area (Å²) in [4.78, 5) is 11.1. The number of hydrogen-bond acceptors (Lipinski definition) is 4. The van der Waals surface area contributed by atoms with Crippen molar-refractivity contribution in [3.63, 3.8) is 0 Å². The predicted molar refractivity (Wildman–Crippen MR) is 110 cm³/mol. The normalized spacial score (nSPS) is 12.7. The number of carboxylic acids is 1. The minimum Gasteiger partial charge on any atom is -0.497 e. The molecule has 1 N–H and O–H groups in total. The molecule has 8 heteroatoms. The van der Waals surface area contributed by atoms with Crippen LogP contribution in [-0.2, 0) is 22.3 Å². The summed E-state index contributed by atoms with van der Waals surface area (Å²) in [7, 11) is 1.53. The van der Waals surface area contributed by atoms with Gasteiger partial charge in [0.05, 0.1) is 12.7 Å². The first kappa shape index (κ1) is 24.3. The number of allylic oxidation sites excluding steroid dienone is 1. The maximum atomic E-state index is 12.7. The zero-order chi connectivity index (χ0) is 22.9. The summed E-state index contributed by atoms with van der Waals surface area (Å²) in [6.07, 6.45) is -0.840. The molecule has 0 saturated heterocycles. The van der Waals surface area contributed by atoms with Gasteiger partial charge < -0.3 is 19.3 Å². The fraction of sp³-hybridized carbons (Fsp3) is 0.348. The van der Waals surface area contributed by atoms with Gasteiger partial charge in [0.2, 0.25) is 0 Å². The zero-order valence-electron chi connectivity index (χ0n) is 17.3. The van der Waals surface area contributed by atoms with Gasteiger partial charge in [-0.3, -0.25) is 0 Å². The number of carbonyl (C=O) groups is 1. The van der Waals surface area contributed by atoms with Crippen LogP contribution < -0.4 is 9.47 Å². The van der Waals surface area contributed by atoms with E-state index in [4.69, 9.17) is 19.3 Å². The van der Waals surface area contributed by atoms with Crippen molar-refractivity contribution >= 4 is 12.0 Å². The molecule has 1 unspecified atom stereocenters. The highest BCUT2D eigenvalue weighted by Gasteiger charge is 2.29. The monoisotopic (exact) mass is 438 g/mol. The van der Waals surface area contributed by atoms with Gasteiger partial charge >= 0.3 is 12.1 Å². The molecule has 0 aliphatic heterocycles. The molecule has 0 heterocycles. The van der Waals surface area contributed by atoms with Crippen molar-refractivity contribution in [2.45, 2.75) is 38.7 Å². The maximum Gasteiger partial charge on any atom is 0.416 e. The smallest absolute Gasteiger partial charge is 0.416 e. The van der Waals surface area contributed by atoms with Crippen molar-refractivity contribution in [1.82, 2.24) is 0 Å². The lowest BCUT2D eigenvalue weighted by atomic mass is 10.1. The van der Waals surface area contributed by atoms with E-state index in [1.54, 1.807) is 31.2 Å². The molecule has 0 saturated carbocycles. The standard InChI is InChI=1S/C23H25F3O5/c1-3-30-21(22(27)28)7-5-4-6-17-14-19(29-2)12-13-20(17)31-15-16-8-10-18(11-9-16)23(24,25)26/h4,6,8-14,21H,3,5,7,15H2,1-2H3,(H,27,28)/b6-4+. The Balaban J connectivity index is 2.06. The number of aliphatic carboxylic acids is 1. The van der Waals surface area contributed by atoms with Crippen LogP contribution in [-0.4, -0.2) is 30.9 Å². The summed E-state index contributed by atoms with van der Waals surface area (Å²) in [5, 5.41) is 9.13. The molecular weight excluding hydrogens is 413 g/mol. The van der Waals surface area contributed by atoms with Gasteiger partial charge in [-0.25, -0.2) is 4.79 Å². The molecule has 168 valence electrons. The van der Waals surface area contributed by atoms with E-state index in [0.717, 1.165) is 12.1 Å². The first-order chi connectivity index (χ1) is 14.7. The second-order valence-electron chi connectivity index (χ2n) is 6.65. The summed E-state index contributed by atoms with van der Waals surface area (Å²) >= 11 is 0. The van der Waals surface area contributed by atoms with E-state index in [1.165, 1.54) is 19.2 Å². The predicted octanol–water partition coefficient (Wildman–Crippen LogP) is 5.58. The van der Waals surface area contributed by atoms with Crippen LogP contribution in [0.2, 0.25) is 0 Å². The topological polar surface area (TPSA) is 65.0 Å². The van der Waals surface area contributed by atoms with Gasteiger partial charge in [0, 0.05) is 12.2 Å². The second kappa shape index (κ2) is 11.4. The van der Waals surface area contributed by atoms with Crippen molar-refractivity contribution in [3.05, 3.63) is 65.2 Å². The molecule has 31 heavy (non-hydrogen) atoms. The Morgan fingerprint density at radius 3 is 2.45 bits per heavy atom. The molecule has 0 amide bonds. The molecule has 0 radical (unpaired) electrons. The molecule has 0 aromatic heterocycles. The molecular formula is C23H25F3O5. The van der Waals surface area contributed by atoms with E-state index in [1.807, 2.05) is 6.08 Å². The van der Waals surface area contributed by atoms with E-state index >= 15 is 0 Å².